The van der Waals surface area contributed by atoms with Crippen LogP contribution in [0.5, 0.6) is 0 Å². The van der Waals surface area contributed by atoms with Crippen LogP contribution in [0.15, 0.2) is 89.8 Å². The summed E-state index contributed by atoms with van der Waals surface area (Å²) in [7, 11) is 0. The average molecular weight is 388 g/mol. The Morgan fingerprint density at radius 3 is 2.16 bits per heavy atom. The summed E-state index contributed by atoms with van der Waals surface area (Å²) < 4.78 is 0.945. The molecule has 0 radical (unpaired) electrons. The maximum absolute atomic E-state index is 4.64. The molecular weight excluding hydrogens is 374 g/mol. The molecule has 3 nitrogen and oxygen atoms in total. The van der Waals surface area contributed by atoms with E-state index in [4.69, 9.17) is 0 Å². The quantitative estimate of drug-likeness (QED) is 0.456. The first-order chi connectivity index (χ1) is 12.3. The normalized spacial score (nSPS) is 10.6. The highest BCUT2D eigenvalue weighted by Crippen LogP contribution is 2.38. The van der Waals surface area contributed by atoms with Crippen molar-refractivity contribution in [3.8, 4) is 33.8 Å². The number of hydrogen-bond acceptors (Lipinski definition) is 3. The minimum absolute atomic E-state index is 0.813. The molecule has 4 heteroatoms. The van der Waals surface area contributed by atoms with Crippen LogP contribution in [-0.2, 0) is 0 Å². The van der Waals surface area contributed by atoms with E-state index in [1.807, 2.05) is 48.5 Å². The fraction of sp³-hybridized carbons (Fsp3) is 0. The van der Waals surface area contributed by atoms with E-state index in [1.165, 1.54) is 0 Å². The first-order valence-corrected chi connectivity index (χ1v) is 8.70. The molecule has 4 rings (SSSR count). The van der Waals surface area contributed by atoms with Gasteiger partial charge in [0.15, 0.2) is 0 Å². The molecular formula is C21H14BrN3. The van der Waals surface area contributed by atoms with Crippen molar-refractivity contribution >= 4 is 15.9 Å². The number of rotatable bonds is 3. The van der Waals surface area contributed by atoms with E-state index < -0.39 is 0 Å². The van der Waals surface area contributed by atoms with Gasteiger partial charge in [-0.05, 0) is 45.8 Å². The van der Waals surface area contributed by atoms with Gasteiger partial charge in [0, 0.05) is 34.2 Å². The first kappa shape index (κ1) is 15.7. The Morgan fingerprint density at radius 1 is 0.600 bits per heavy atom. The third-order valence-corrected chi connectivity index (χ3v) is 4.60. The van der Waals surface area contributed by atoms with Gasteiger partial charge < -0.3 is 0 Å². The second kappa shape index (κ2) is 6.95. The average Bonchev–Trinajstić information content (AvgIpc) is 2.69. The number of pyridine rings is 3. The van der Waals surface area contributed by atoms with Crippen LogP contribution in [0.4, 0.5) is 0 Å². The summed E-state index contributed by atoms with van der Waals surface area (Å²) in [6.07, 6.45) is 5.37. The maximum atomic E-state index is 4.64. The topological polar surface area (TPSA) is 38.7 Å². The highest BCUT2D eigenvalue weighted by molar-refractivity contribution is 9.10. The number of halogens is 1. The third kappa shape index (κ3) is 3.08. The molecule has 0 amide bonds. The second-order valence-electron chi connectivity index (χ2n) is 5.50. The van der Waals surface area contributed by atoms with E-state index >= 15 is 0 Å². The smallest absolute Gasteiger partial charge is 0.0997 e. The Balaban J connectivity index is 1.98. The standard InChI is InChI=1S/C21H14BrN3/c22-17-11-14-25-21(19(17)18-10-4-5-12-23-18)20-16(9-6-13-24-20)15-7-2-1-3-8-15/h1-14H. The molecule has 25 heavy (non-hydrogen) atoms. The molecule has 0 aliphatic carbocycles. The van der Waals surface area contributed by atoms with Crippen LogP contribution in [0.25, 0.3) is 33.8 Å². The van der Waals surface area contributed by atoms with Crippen molar-refractivity contribution in [2.45, 2.75) is 0 Å². The van der Waals surface area contributed by atoms with Crippen LogP contribution in [0.3, 0.4) is 0 Å². The van der Waals surface area contributed by atoms with Crippen molar-refractivity contribution in [3.05, 3.63) is 89.8 Å². The van der Waals surface area contributed by atoms with Crippen molar-refractivity contribution in [3.63, 3.8) is 0 Å². The summed E-state index contributed by atoms with van der Waals surface area (Å²) in [6.45, 7) is 0. The lowest BCUT2D eigenvalue weighted by Gasteiger charge is -2.13. The van der Waals surface area contributed by atoms with Crippen LogP contribution < -0.4 is 0 Å². The molecule has 1 aromatic carbocycles. The van der Waals surface area contributed by atoms with Crippen molar-refractivity contribution in [2.75, 3.05) is 0 Å². The second-order valence-corrected chi connectivity index (χ2v) is 6.35. The fourth-order valence-corrected chi connectivity index (χ4v) is 3.33. The third-order valence-electron chi connectivity index (χ3n) is 3.94. The van der Waals surface area contributed by atoms with Gasteiger partial charge in [-0.15, -0.1) is 0 Å². The molecule has 0 spiro atoms. The van der Waals surface area contributed by atoms with Gasteiger partial charge in [0.1, 0.15) is 0 Å². The zero-order chi connectivity index (χ0) is 17.1. The molecule has 0 N–H and O–H groups in total. The van der Waals surface area contributed by atoms with Gasteiger partial charge in [-0.25, -0.2) is 0 Å². The Morgan fingerprint density at radius 2 is 1.36 bits per heavy atom. The molecule has 0 saturated carbocycles. The lowest BCUT2D eigenvalue weighted by atomic mass is 9.98. The Kier molecular flexibility index (Phi) is 4.36. The summed E-state index contributed by atoms with van der Waals surface area (Å²) in [5.41, 5.74) is 5.62. The Bertz CT molecular complexity index is 1000. The Labute approximate surface area is 154 Å². The summed E-state index contributed by atoms with van der Waals surface area (Å²) in [5.74, 6) is 0. The lowest BCUT2D eigenvalue weighted by Crippen LogP contribution is -1.96. The van der Waals surface area contributed by atoms with Crippen LogP contribution >= 0.6 is 15.9 Å². The molecule has 0 atom stereocenters. The lowest BCUT2D eigenvalue weighted by molar-refractivity contribution is 1.22. The molecule has 0 bridgehead atoms. The summed E-state index contributed by atoms with van der Waals surface area (Å²) in [5, 5.41) is 0. The predicted molar refractivity (Wildman–Crippen MR) is 104 cm³/mol. The predicted octanol–water partition coefficient (Wildman–Crippen LogP) is 5.64. The SMILES string of the molecule is Brc1ccnc(-c2ncccc2-c2ccccc2)c1-c1ccccn1. The van der Waals surface area contributed by atoms with Crippen LogP contribution in [0.1, 0.15) is 0 Å². The van der Waals surface area contributed by atoms with E-state index in [1.54, 1.807) is 18.6 Å². The fourth-order valence-electron chi connectivity index (χ4n) is 2.82. The highest BCUT2D eigenvalue weighted by atomic mass is 79.9. The minimum Gasteiger partial charge on any atom is -0.256 e. The van der Waals surface area contributed by atoms with Crippen LogP contribution in [-0.4, -0.2) is 15.0 Å². The van der Waals surface area contributed by atoms with Gasteiger partial charge in [0.25, 0.3) is 0 Å². The summed E-state index contributed by atoms with van der Waals surface area (Å²) >= 11 is 3.65. The van der Waals surface area contributed by atoms with E-state index in [0.717, 1.165) is 38.2 Å². The molecule has 120 valence electrons. The van der Waals surface area contributed by atoms with E-state index in [2.05, 4.69) is 49.1 Å². The zero-order valence-corrected chi connectivity index (χ0v) is 14.9. The van der Waals surface area contributed by atoms with Gasteiger partial charge in [-0.2, -0.15) is 0 Å². The molecule has 3 aromatic heterocycles. The van der Waals surface area contributed by atoms with Gasteiger partial charge in [-0.3, -0.25) is 15.0 Å². The van der Waals surface area contributed by atoms with Gasteiger partial charge in [0.2, 0.25) is 0 Å². The first-order valence-electron chi connectivity index (χ1n) is 7.91. The Hall–Kier alpha value is -2.85. The van der Waals surface area contributed by atoms with E-state index in [-0.39, 0.29) is 0 Å². The molecule has 3 heterocycles. The molecule has 0 fully saturated rings. The number of benzene rings is 1. The molecule has 0 aliphatic rings. The van der Waals surface area contributed by atoms with Crippen LogP contribution in [0.2, 0.25) is 0 Å². The largest absolute Gasteiger partial charge is 0.256 e. The number of hydrogen-bond donors (Lipinski definition) is 0. The van der Waals surface area contributed by atoms with Gasteiger partial charge >= 0.3 is 0 Å². The zero-order valence-electron chi connectivity index (χ0n) is 13.3. The minimum atomic E-state index is 0.813. The van der Waals surface area contributed by atoms with E-state index in [0.29, 0.717) is 0 Å². The van der Waals surface area contributed by atoms with Gasteiger partial charge in [0.05, 0.1) is 17.1 Å². The monoisotopic (exact) mass is 387 g/mol. The van der Waals surface area contributed by atoms with Crippen molar-refractivity contribution in [2.24, 2.45) is 0 Å². The number of nitrogens with zero attached hydrogens (tertiary/aromatic N) is 3. The van der Waals surface area contributed by atoms with Crippen LogP contribution in [0, 0.1) is 0 Å². The van der Waals surface area contributed by atoms with E-state index in [9.17, 15) is 0 Å². The van der Waals surface area contributed by atoms with Gasteiger partial charge in [-0.1, -0.05) is 42.5 Å². The molecule has 0 aliphatic heterocycles. The van der Waals surface area contributed by atoms with Crippen molar-refractivity contribution in [1.82, 2.24) is 15.0 Å². The summed E-state index contributed by atoms with van der Waals surface area (Å²) in [4.78, 5) is 13.8. The molecule has 0 saturated heterocycles. The van der Waals surface area contributed by atoms with Crippen molar-refractivity contribution < 1.29 is 0 Å². The van der Waals surface area contributed by atoms with Crippen molar-refractivity contribution in [1.29, 1.82) is 0 Å². The summed E-state index contributed by atoms with van der Waals surface area (Å²) in [6, 6.07) is 22.0. The number of aromatic nitrogens is 3. The highest BCUT2D eigenvalue weighted by Gasteiger charge is 2.17. The molecule has 0 unspecified atom stereocenters. The maximum Gasteiger partial charge on any atom is 0.0997 e. The molecule has 4 aromatic rings.